The van der Waals surface area contributed by atoms with Crippen LogP contribution in [0, 0.1) is 15.4 Å². The fraction of sp³-hybridized carbons (Fsp3) is 0.452. The number of aromatic nitrogens is 2. The van der Waals surface area contributed by atoms with E-state index in [-0.39, 0.29) is 35.7 Å². The van der Waals surface area contributed by atoms with E-state index in [4.69, 9.17) is 9.72 Å². The third kappa shape index (κ3) is 6.14. The summed E-state index contributed by atoms with van der Waals surface area (Å²) >= 11 is 2.40. The van der Waals surface area contributed by atoms with E-state index < -0.39 is 5.92 Å². The molecule has 202 valence electrons. The van der Waals surface area contributed by atoms with E-state index in [0.717, 1.165) is 29.9 Å². The summed E-state index contributed by atoms with van der Waals surface area (Å²) < 4.78 is 6.04. The molecular weight excluding hydrogens is 589 g/mol. The molecule has 0 aliphatic carbocycles. The molecule has 2 heterocycles. The van der Waals surface area contributed by atoms with Gasteiger partial charge in [-0.25, -0.2) is 4.98 Å². The fourth-order valence-electron chi connectivity index (χ4n) is 5.12. The lowest BCUT2D eigenvalue weighted by Gasteiger charge is -2.29. The van der Waals surface area contributed by atoms with Crippen LogP contribution in [-0.4, -0.2) is 40.4 Å². The van der Waals surface area contributed by atoms with Gasteiger partial charge in [0.05, 0.1) is 37.4 Å². The standard InChI is InChI=1S/C31H38IN3O3/c1-19(2)23(17-28(36)38-6)30(37)35-14-8-11-27(35)29-33-18-26(34-29)21-12-13-25(32)24(16-21)20-9-7-10-22(15-20)31(3,4)5/h7,9-10,12-13,15-16,18-19,23,27H,8,11,14,17H2,1-6H3,(H,33,34)/t23-,27-/m0/s1. The molecule has 3 aromatic rings. The van der Waals surface area contributed by atoms with Gasteiger partial charge in [0, 0.05) is 15.7 Å². The molecule has 0 saturated carbocycles. The normalized spacial score (nSPS) is 16.6. The number of carbonyl (C=O) groups is 2. The molecule has 0 spiro atoms. The molecule has 0 bridgehead atoms. The van der Waals surface area contributed by atoms with Crippen molar-refractivity contribution in [3.8, 4) is 22.4 Å². The predicted molar refractivity (Wildman–Crippen MR) is 160 cm³/mol. The summed E-state index contributed by atoms with van der Waals surface area (Å²) in [5, 5.41) is 0. The number of likely N-dealkylation sites (tertiary alicyclic amines) is 1. The Morgan fingerprint density at radius 3 is 2.61 bits per heavy atom. The number of rotatable bonds is 7. The Morgan fingerprint density at radius 1 is 1.16 bits per heavy atom. The zero-order valence-corrected chi connectivity index (χ0v) is 25.3. The minimum Gasteiger partial charge on any atom is -0.469 e. The SMILES string of the molecule is COC(=O)C[C@H](C(=O)N1CCC[C@H]1c1ncc(-c2ccc(I)c(-c3cccc(C(C)(C)C)c3)c2)[nH]1)C(C)C. The van der Waals surface area contributed by atoms with Crippen molar-refractivity contribution in [1.29, 1.82) is 0 Å². The molecule has 2 aromatic carbocycles. The second-order valence-corrected chi connectivity index (χ2v) is 12.7. The zero-order valence-electron chi connectivity index (χ0n) is 23.2. The minimum absolute atomic E-state index is 0.00105. The number of aromatic amines is 1. The number of esters is 1. The maximum atomic E-state index is 13.5. The summed E-state index contributed by atoms with van der Waals surface area (Å²) in [6, 6.07) is 15.1. The van der Waals surface area contributed by atoms with E-state index in [1.54, 1.807) is 0 Å². The van der Waals surface area contributed by atoms with Crippen molar-refractivity contribution in [3.05, 3.63) is 63.6 Å². The Morgan fingerprint density at radius 2 is 1.92 bits per heavy atom. The van der Waals surface area contributed by atoms with E-state index in [1.807, 2.05) is 24.9 Å². The molecule has 1 aliphatic rings. The van der Waals surface area contributed by atoms with Gasteiger partial charge in [0.25, 0.3) is 0 Å². The van der Waals surface area contributed by atoms with Crippen LogP contribution in [0.4, 0.5) is 0 Å². The van der Waals surface area contributed by atoms with Gasteiger partial charge in [0.2, 0.25) is 5.91 Å². The Labute approximate surface area is 239 Å². The Hall–Kier alpha value is -2.68. The maximum Gasteiger partial charge on any atom is 0.306 e. The van der Waals surface area contributed by atoms with Crippen molar-refractivity contribution in [1.82, 2.24) is 14.9 Å². The van der Waals surface area contributed by atoms with Gasteiger partial charge in [0.1, 0.15) is 5.82 Å². The average Bonchev–Trinajstić information content (AvgIpc) is 3.56. The number of H-pyrrole nitrogens is 1. The van der Waals surface area contributed by atoms with E-state index in [2.05, 4.69) is 90.8 Å². The largest absolute Gasteiger partial charge is 0.469 e. The van der Waals surface area contributed by atoms with Crippen molar-refractivity contribution in [3.63, 3.8) is 0 Å². The summed E-state index contributed by atoms with van der Waals surface area (Å²) in [4.78, 5) is 35.6. The third-order valence-corrected chi connectivity index (χ3v) is 8.44. The van der Waals surface area contributed by atoms with Gasteiger partial charge in [-0.3, -0.25) is 9.59 Å². The molecule has 1 N–H and O–H groups in total. The van der Waals surface area contributed by atoms with Crippen LogP contribution in [0.5, 0.6) is 0 Å². The van der Waals surface area contributed by atoms with Crippen molar-refractivity contribution in [2.45, 2.75) is 65.3 Å². The van der Waals surface area contributed by atoms with E-state index in [1.165, 1.54) is 27.4 Å². The number of carbonyl (C=O) groups excluding carboxylic acids is 2. The molecule has 2 atom stereocenters. The van der Waals surface area contributed by atoms with Crippen molar-refractivity contribution < 1.29 is 14.3 Å². The topological polar surface area (TPSA) is 75.3 Å². The lowest BCUT2D eigenvalue weighted by molar-refractivity contribution is -0.148. The van der Waals surface area contributed by atoms with Crippen LogP contribution in [0.25, 0.3) is 22.4 Å². The van der Waals surface area contributed by atoms with Crippen LogP contribution in [-0.2, 0) is 19.7 Å². The minimum atomic E-state index is -0.403. The molecule has 0 unspecified atom stereocenters. The van der Waals surface area contributed by atoms with Crippen LogP contribution in [0.2, 0.25) is 0 Å². The van der Waals surface area contributed by atoms with Gasteiger partial charge in [-0.05, 0) is 75.6 Å². The van der Waals surface area contributed by atoms with Crippen molar-refractivity contribution in [2.75, 3.05) is 13.7 Å². The number of amides is 1. The molecule has 38 heavy (non-hydrogen) atoms. The van der Waals surface area contributed by atoms with Gasteiger partial charge < -0.3 is 14.6 Å². The first kappa shape index (κ1) is 28.3. The molecule has 7 heteroatoms. The number of hydrogen-bond acceptors (Lipinski definition) is 4. The second-order valence-electron chi connectivity index (χ2n) is 11.5. The molecule has 1 aliphatic heterocycles. The molecule has 6 nitrogen and oxygen atoms in total. The first-order valence-electron chi connectivity index (χ1n) is 13.3. The molecule has 1 fully saturated rings. The maximum absolute atomic E-state index is 13.5. The van der Waals surface area contributed by atoms with Crippen LogP contribution >= 0.6 is 22.6 Å². The van der Waals surface area contributed by atoms with Gasteiger partial charge in [-0.1, -0.05) is 65.0 Å². The van der Waals surface area contributed by atoms with E-state index in [9.17, 15) is 9.59 Å². The Balaban J connectivity index is 1.60. The van der Waals surface area contributed by atoms with Gasteiger partial charge in [0.15, 0.2) is 0 Å². The molecule has 1 amide bonds. The monoisotopic (exact) mass is 627 g/mol. The number of nitrogens with one attached hydrogen (secondary N) is 1. The highest BCUT2D eigenvalue weighted by Crippen LogP contribution is 2.36. The Kier molecular flexibility index (Phi) is 8.65. The lowest BCUT2D eigenvalue weighted by Crippen LogP contribution is -2.39. The first-order valence-corrected chi connectivity index (χ1v) is 14.4. The number of ether oxygens (including phenoxy) is 1. The van der Waals surface area contributed by atoms with E-state index >= 15 is 0 Å². The summed E-state index contributed by atoms with van der Waals surface area (Å²) in [6.45, 7) is 11.3. The average molecular weight is 628 g/mol. The van der Waals surface area contributed by atoms with Crippen molar-refractivity contribution >= 4 is 34.5 Å². The van der Waals surface area contributed by atoms with Crippen LogP contribution in [0.1, 0.15) is 71.3 Å². The van der Waals surface area contributed by atoms with Gasteiger partial charge >= 0.3 is 5.97 Å². The summed E-state index contributed by atoms with van der Waals surface area (Å²) in [7, 11) is 1.37. The quantitative estimate of drug-likeness (QED) is 0.223. The van der Waals surface area contributed by atoms with Crippen molar-refractivity contribution in [2.24, 2.45) is 11.8 Å². The van der Waals surface area contributed by atoms with Crippen LogP contribution in [0.3, 0.4) is 0 Å². The summed E-state index contributed by atoms with van der Waals surface area (Å²) in [6.07, 6.45) is 3.72. The Bertz CT molecular complexity index is 1310. The number of halogens is 1. The zero-order chi connectivity index (χ0) is 27.6. The van der Waals surface area contributed by atoms with E-state index in [0.29, 0.717) is 6.54 Å². The fourth-order valence-corrected chi connectivity index (χ4v) is 5.77. The van der Waals surface area contributed by atoms with Crippen LogP contribution in [0.15, 0.2) is 48.7 Å². The van der Waals surface area contributed by atoms with Gasteiger partial charge in [-0.2, -0.15) is 0 Å². The second kappa shape index (κ2) is 11.6. The molecule has 1 aromatic heterocycles. The molecule has 0 radical (unpaired) electrons. The number of imidazole rings is 1. The number of benzene rings is 2. The smallest absolute Gasteiger partial charge is 0.306 e. The number of hydrogen-bond donors (Lipinski definition) is 1. The highest BCUT2D eigenvalue weighted by atomic mass is 127. The first-order chi connectivity index (χ1) is 18.0. The summed E-state index contributed by atoms with van der Waals surface area (Å²) in [5.74, 6) is 0.0788. The highest BCUT2D eigenvalue weighted by molar-refractivity contribution is 14.1. The number of nitrogens with zero attached hydrogens (tertiary/aromatic N) is 2. The summed E-state index contributed by atoms with van der Waals surface area (Å²) in [5.41, 5.74) is 5.75. The number of methoxy groups -OCH3 is 1. The third-order valence-electron chi connectivity index (χ3n) is 7.50. The lowest BCUT2D eigenvalue weighted by atomic mass is 9.85. The predicted octanol–water partition coefficient (Wildman–Crippen LogP) is 7.14. The van der Waals surface area contributed by atoms with Crippen LogP contribution < -0.4 is 0 Å². The highest BCUT2D eigenvalue weighted by Gasteiger charge is 2.37. The molecular formula is C31H38IN3O3. The molecule has 1 saturated heterocycles. The molecule has 4 rings (SSSR count). The van der Waals surface area contributed by atoms with Gasteiger partial charge in [-0.15, -0.1) is 0 Å².